The minimum atomic E-state index is -0.744. The van der Waals surface area contributed by atoms with E-state index in [1.165, 1.54) is 11.3 Å². The molecule has 0 aliphatic rings. The maximum Gasteiger partial charge on any atom is 0.315 e. The van der Waals surface area contributed by atoms with Crippen LogP contribution >= 0.6 is 22.9 Å². The molecule has 20 heavy (non-hydrogen) atoms. The third-order valence-electron chi connectivity index (χ3n) is 2.44. The Morgan fingerprint density at radius 1 is 1.30 bits per heavy atom. The number of nitrogens with zero attached hydrogens (tertiary/aromatic N) is 1. The van der Waals surface area contributed by atoms with Crippen molar-refractivity contribution in [3.63, 3.8) is 0 Å². The van der Waals surface area contributed by atoms with Gasteiger partial charge < -0.3 is 5.32 Å². The number of benzene rings is 1. The lowest BCUT2D eigenvalue weighted by atomic mass is 10.2. The lowest BCUT2D eigenvalue weighted by molar-refractivity contribution is -0.136. The van der Waals surface area contributed by atoms with Crippen LogP contribution in [0.3, 0.4) is 0 Å². The normalized spacial score (nSPS) is 10.1. The molecule has 7 heteroatoms. The van der Waals surface area contributed by atoms with Gasteiger partial charge in [0.2, 0.25) is 0 Å². The highest BCUT2D eigenvalue weighted by atomic mass is 35.5. The molecule has 5 nitrogen and oxygen atoms in total. The van der Waals surface area contributed by atoms with Gasteiger partial charge >= 0.3 is 11.8 Å². The number of hydrogen-bond acceptors (Lipinski definition) is 4. The fourth-order valence-corrected chi connectivity index (χ4v) is 2.35. The van der Waals surface area contributed by atoms with Crippen LogP contribution in [0.25, 0.3) is 0 Å². The molecule has 1 aromatic heterocycles. The van der Waals surface area contributed by atoms with Crippen molar-refractivity contribution in [2.75, 3.05) is 5.32 Å². The number of rotatable bonds is 3. The van der Waals surface area contributed by atoms with Gasteiger partial charge in [-0.3, -0.25) is 14.9 Å². The highest BCUT2D eigenvalue weighted by Gasteiger charge is 2.15. The number of hydrogen-bond donors (Lipinski definition) is 2. The second kappa shape index (κ2) is 6.49. The van der Waals surface area contributed by atoms with E-state index in [9.17, 15) is 9.59 Å². The zero-order chi connectivity index (χ0) is 14.5. The smallest absolute Gasteiger partial charge is 0.315 e. The maximum atomic E-state index is 11.6. The predicted molar refractivity (Wildman–Crippen MR) is 78.8 cm³/mol. The summed E-state index contributed by atoms with van der Waals surface area (Å²) in [5, 5.41) is 7.68. The summed E-state index contributed by atoms with van der Waals surface area (Å²) in [5.41, 5.74) is 1.54. The molecule has 2 amide bonds. The summed E-state index contributed by atoms with van der Waals surface area (Å²) in [6.45, 7) is 2.01. The highest BCUT2D eigenvalue weighted by Crippen LogP contribution is 2.15. The molecule has 0 unspecified atom stereocenters. The number of amides is 2. The van der Waals surface area contributed by atoms with Gasteiger partial charge in [0.1, 0.15) is 0 Å². The first-order chi connectivity index (χ1) is 9.56. The van der Waals surface area contributed by atoms with Crippen LogP contribution in [0.2, 0.25) is 5.02 Å². The van der Waals surface area contributed by atoms with Crippen molar-refractivity contribution in [3.05, 3.63) is 45.9 Å². The van der Waals surface area contributed by atoms with Crippen LogP contribution in [-0.4, -0.2) is 16.8 Å². The number of carbonyl (C=O) groups is 2. The minimum Gasteiger partial charge on any atom is -0.344 e. The predicted octanol–water partition coefficient (Wildman–Crippen LogP) is 2.36. The molecule has 0 radical (unpaired) electrons. The van der Waals surface area contributed by atoms with Crippen LogP contribution in [-0.2, 0) is 16.1 Å². The first-order valence-corrected chi connectivity index (χ1v) is 7.07. The Hall–Kier alpha value is -1.92. The van der Waals surface area contributed by atoms with E-state index in [0.717, 1.165) is 11.3 Å². The summed E-state index contributed by atoms with van der Waals surface area (Å²) in [5.74, 6) is -1.47. The summed E-state index contributed by atoms with van der Waals surface area (Å²) in [6.07, 6.45) is 0. The molecule has 2 N–H and O–H groups in total. The van der Waals surface area contributed by atoms with Gasteiger partial charge in [-0.1, -0.05) is 29.8 Å². The maximum absolute atomic E-state index is 11.6. The van der Waals surface area contributed by atoms with Crippen LogP contribution in [0.4, 0.5) is 5.13 Å². The molecule has 1 aromatic carbocycles. The van der Waals surface area contributed by atoms with Crippen LogP contribution in [0, 0.1) is 6.92 Å². The van der Waals surface area contributed by atoms with Crippen molar-refractivity contribution in [1.82, 2.24) is 10.3 Å². The number of carbonyl (C=O) groups excluding carboxylic acids is 2. The number of anilines is 1. The molecule has 0 bridgehead atoms. The third-order valence-corrected chi connectivity index (χ3v) is 3.69. The van der Waals surface area contributed by atoms with Crippen molar-refractivity contribution in [2.45, 2.75) is 13.5 Å². The van der Waals surface area contributed by atoms with Crippen LogP contribution < -0.4 is 10.6 Å². The first-order valence-electron chi connectivity index (χ1n) is 5.81. The Morgan fingerprint density at radius 2 is 2.05 bits per heavy atom. The van der Waals surface area contributed by atoms with Gasteiger partial charge in [0, 0.05) is 16.9 Å². The van der Waals surface area contributed by atoms with E-state index in [1.807, 2.05) is 13.0 Å². The van der Waals surface area contributed by atoms with Crippen molar-refractivity contribution in [1.29, 1.82) is 0 Å². The molecule has 2 aromatic rings. The van der Waals surface area contributed by atoms with Crippen molar-refractivity contribution >= 4 is 39.9 Å². The largest absolute Gasteiger partial charge is 0.344 e. The molecular weight excluding hydrogens is 298 g/mol. The topological polar surface area (TPSA) is 71.1 Å². The molecule has 0 aliphatic heterocycles. The zero-order valence-corrected chi connectivity index (χ0v) is 12.2. The number of aryl methyl sites for hydroxylation is 1. The monoisotopic (exact) mass is 309 g/mol. The molecular formula is C13H12ClN3O2S. The van der Waals surface area contributed by atoms with Crippen LogP contribution in [0.1, 0.15) is 11.3 Å². The quantitative estimate of drug-likeness (QED) is 0.855. The van der Waals surface area contributed by atoms with Gasteiger partial charge in [-0.25, -0.2) is 4.98 Å². The van der Waals surface area contributed by atoms with Crippen LogP contribution in [0.15, 0.2) is 29.6 Å². The van der Waals surface area contributed by atoms with E-state index >= 15 is 0 Å². The van der Waals surface area contributed by atoms with Gasteiger partial charge in [0.15, 0.2) is 5.13 Å². The average Bonchev–Trinajstić information content (AvgIpc) is 2.82. The molecule has 0 fully saturated rings. The molecule has 1 heterocycles. The number of thiazole rings is 1. The van der Waals surface area contributed by atoms with E-state index in [1.54, 1.807) is 23.6 Å². The highest BCUT2D eigenvalue weighted by molar-refractivity contribution is 7.14. The van der Waals surface area contributed by atoms with E-state index in [0.29, 0.717) is 10.2 Å². The molecule has 0 saturated heterocycles. The van der Waals surface area contributed by atoms with E-state index in [4.69, 9.17) is 11.6 Å². The fraction of sp³-hybridized carbons (Fsp3) is 0.154. The second-order valence-electron chi connectivity index (χ2n) is 4.02. The number of nitrogens with one attached hydrogen (secondary N) is 2. The Labute approximate surface area is 125 Å². The van der Waals surface area contributed by atoms with Crippen molar-refractivity contribution in [2.24, 2.45) is 0 Å². The summed E-state index contributed by atoms with van der Waals surface area (Å²) < 4.78 is 0. The standard InChI is InChI=1S/C13H12ClN3O2S/c1-8-7-20-13(16-8)17-12(19)11(18)15-6-9-4-2-3-5-10(9)14/h2-5,7H,6H2,1H3,(H,15,18)(H,16,17,19). The zero-order valence-electron chi connectivity index (χ0n) is 10.6. The molecule has 0 saturated carbocycles. The van der Waals surface area contributed by atoms with Crippen LogP contribution in [0.5, 0.6) is 0 Å². The van der Waals surface area contributed by atoms with Gasteiger partial charge in [-0.2, -0.15) is 0 Å². The molecule has 2 rings (SSSR count). The van der Waals surface area contributed by atoms with E-state index < -0.39 is 11.8 Å². The number of aromatic nitrogens is 1. The molecule has 0 atom stereocenters. The first kappa shape index (κ1) is 14.5. The Balaban J connectivity index is 1.88. The second-order valence-corrected chi connectivity index (χ2v) is 5.29. The summed E-state index contributed by atoms with van der Waals surface area (Å²) >= 11 is 7.23. The SMILES string of the molecule is Cc1csc(NC(=O)C(=O)NCc2ccccc2Cl)n1. The third kappa shape index (κ3) is 3.79. The van der Waals surface area contributed by atoms with E-state index in [2.05, 4.69) is 15.6 Å². The molecule has 0 spiro atoms. The minimum absolute atomic E-state index is 0.197. The summed E-state index contributed by atoms with van der Waals surface area (Å²) in [6, 6.07) is 7.11. The van der Waals surface area contributed by atoms with Gasteiger partial charge in [-0.15, -0.1) is 11.3 Å². The number of halogens is 1. The lowest BCUT2D eigenvalue weighted by Gasteiger charge is -2.06. The van der Waals surface area contributed by atoms with Crippen molar-refractivity contribution < 1.29 is 9.59 Å². The van der Waals surface area contributed by atoms with Gasteiger partial charge in [-0.05, 0) is 18.6 Å². The van der Waals surface area contributed by atoms with Gasteiger partial charge in [0.05, 0.1) is 5.69 Å². The Bertz CT molecular complexity index is 642. The summed E-state index contributed by atoms with van der Waals surface area (Å²) in [4.78, 5) is 27.3. The summed E-state index contributed by atoms with van der Waals surface area (Å²) in [7, 11) is 0. The Kier molecular flexibility index (Phi) is 4.70. The average molecular weight is 310 g/mol. The lowest BCUT2D eigenvalue weighted by Crippen LogP contribution is -2.35. The van der Waals surface area contributed by atoms with Crippen molar-refractivity contribution in [3.8, 4) is 0 Å². The molecule has 0 aliphatic carbocycles. The van der Waals surface area contributed by atoms with E-state index in [-0.39, 0.29) is 6.54 Å². The molecule has 104 valence electrons. The fourth-order valence-electron chi connectivity index (χ4n) is 1.46. The Morgan fingerprint density at radius 3 is 2.70 bits per heavy atom. The van der Waals surface area contributed by atoms with Gasteiger partial charge in [0.25, 0.3) is 0 Å².